The SMILES string of the molecule is C=CCNC(=O)c1cnc(N2CCN(c3ccccc3F)CC2)nc1. The molecule has 0 spiro atoms. The third-order valence-corrected chi connectivity index (χ3v) is 4.06. The molecule has 0 atom stereocenters. The molecule has 130 valence electrons. The van der Waals surface area contributed by atoms with Crippen LogP contribution in [0, 0.1) is 5.82 Å². The van der Waals surface area contributed by atoms with E-state index in [1.54, 1.807) is 18.2 Å². The van der Waals surface area contributed by atoms with E-state index in [2.05, 4.69) is 21.9 Å². The van der Waals surface area contributed by atoms with Gasteiger partial charge < -0.3 is 15.1 Å². The summed E-state index contributed by atoms with van der Waals surface area (Å²) < 4.78 is 13.9. The molecule has 0 radical (unpaired) electrons. The lowest BCUT2D eigenvalue weighted by atomic mass is 10.2. The molecule has 1 saturated heterocycles. The molecule has 1 fully saturated rings. The molecule has 0 unspecified atom stereocenters. The van der Waals surface area contributed by atoms with Crippen LogP contribution in [0.15, 0.2) is 49.3 Å². The second-order valence-corrected chi connectivity index (χ2v) is 5.70. The molecular weight excluding hydrogens is 321 g/mol. The summed E-state index contributed by atoms with van der Waals surface area (Å²) in [6.07, 6.45) is 4.65. The lowest BCUT2D eigenvalue weighted by molar-refractivity contribution is 0.0957. The summed E-state index contributed by atoms with van der Waals surface area (Å²) in [6.45, 7) is 6.71. The van der Waals surface area contributed by atoms with Gasteiger partial charge in [0, 0.05) is 45.1 Å². The van der Waals surface area contributed by atoms with Crippen LogP contribution in [0.5, 0.6) is 0 Å². The normalized spacial score (nSPS) is 14.3. The number of amides is 1. The topological polar surface area (TPSA) is 61.4 Å². The summed E-state index contributed by atoms with van der Waals surface area (Å²) in [5.41, 5.74) is 1.04. The minimum Gasteiger partial charge on any atom is -0.366 e. The van der Waals surface area contributed by atoms with Gasteiger partial charge in [-0.3, -0.25) is 4.79 Å². The van der Waals surface area contributed by atoms with E-state index >= 15 is 0 Å². The Morgan fingerprint density at radius 3 is 2.44 bits per heavy atom. The molecule has 1 amide bonds. The van der Waals surface area contributed by atoms with Gasteiger partial charge in [-0.2, -0.15) is 0 Å². The minimum absolute atomic E-state index is 0.206. The summed E-state index contributed by atoms with van der Waals surface area (Å²) >= 11 is 0. The van der Waals surface area contributed by atoms with Crippen LogP contribution < -0.4 is 15.1 Å². The molecule has 1 aromatic carbocycles. The second kappa shape index (κ2) is 7.74. The molecule has 3 rings (SSSR count). The van der Waals surface area contributed by atoms with E-state index in [1.807, 2.05) is 15.9 Å². The first-order valence-electron chi connectivity index (χ1n) is 8.14. The molecule has 1 aliphatic rings. The average Bonchev–Trinajstić information content (AvgIpc) is 2.67. The monoisotopic (exact) mass is 341 g/mol. The molecule has 1 aromatic heterocycles. The van der Waals surface area contributed by atoms with Crippen molar-refractivity contribution in [3.63, 3.8) is 0 Å². The molecule has 2 heterocycles. The number of benzene rings is 1. The number of halogens is 1. The molecule has 7 heteroatoms. The molecule has 1 N–H and O–H groups in total. The molecule has 6 nitrogen and oxygen atoms in total. The molecule has 0 aliphatic carbocycles. The third-order valence-electron chi connectivity index (χ3n) is 4.06. The van der Waals surface area contributed by atoms with Crippen LogP contribution in [-0.2, 0) is 0 Å². The maximum Gasteiger partial charge on any atom is 0.254 e. The van der Waals surface area contributed by atoms with E-state index < -0.39 is 0 Å². The number of carbonyl (C=O) groups excluding carboxylic acids is 1. The van der Waals surface area contributed by atoms with Crippen LogP contribution in [-0.4, -0.2) is 48.6 Å². The zero-order valence-corrected chi connectivity index (χ0v) is 13.9. The largest absolute Gasteiger partial charge is 0.366 e. The number of hydrogen-bond acceptors (Lipinski definition) is 5. The van der Waals surface area contributed by atoms with E-state index in [-0.39, 0.29) is 11.7 Å². The van der Waals surface area contributed by atoms with Crippen molar-refractivity contribution in [3.05, 3.63) is 60.7 Å². The Kier molecular flexibility index (Phi) is 5.23. The highest BCUT2D eigenvalue weighted by Gasteiger charge is 2.21. The van der Waals surface area contributed by atoms with Crippen molar-refractivity contribution in [2.24, 2.45) is 0 Å². The number of carbonyl (C=O) groups is 1. The molecule has 25 heavy (non-hydrogen) atoms. The van der Waals surface area contributed by atoms with Crippen molar-refractivity contribution in [1.82, 2.24) is 15.3 Å². The van der Waals surface area contributed by atoms with Gasteiger partial charge in [-0.05, 0) is 12.1 Å². The van der Waals surface area contributed by atoms with Gasteiger partial charge in [-0.25, -0.2) is 14.4 Å². The van der Waals surface area contributed by atoms with Crippen LogP contribution in [0.3, 0.4) is 0 Å². The van der Waals surface area contributed by atoms with Crippen molar-refractivity contribution >= 4 is 17.5 Å². The van der Waals surface area contributed by atoms with Gasteiger partial charge in [0.25, 0.3) is 5.91 Å². The predicted molar refractivity (Wildman–Crippen MR) is 95.4 cm³/mol. The Hall–Kier alpha value is -2.96. The van der Waals surface area contributed by atoms with E-state index in [9.17, 15) is 9.18 Å². The lowest BCUT2D eigenvalue weighted by Crippen LogP contribution is -2.47. The highest BCUT2D eigenvalue weighted by molar-refractivity contribution is 5.93. The van der Waals surface area contributed by atoms with Crippen LogP contribution in [0.1, 0.15) is 10.4 Å². The summed E-state index contributed by atoms with van der Waals surface area (Å²) in [6, 6.07) is 6.79. The van der Waals surface area contributed by atoms with E-state index in [0.29, 0.717) is 49.9 Å². The second-order valence-electron chi connectivity index (χ2n) is 5.70. The number of piperazine rings is 1. The predicted octanol–water partition coefficient (Wildman–Crippen LogP) is 1.86. The lowest BCUT2D eigenvalue weighted by Gasteiger charge is -2.36. The molecule has 1 aliphatic heterocycles. The zero-order valence-electron chi connectivity index (χ0n) is 13.9. The summed E-state index contributed by atoms with van der Waals surface area (Å²) in [5.74, 6) is 0.145. The van der Waals surface area contributed by atoms with Gasteiger partial charge in [0.05, 0.1) is 11.3 Å². The number of nitrogens with zero attached hydrogens (tertiary/aromatic N) is 4. The van der Waals surface area contributed by atoms with Crippen LogP contribution in [0.2, 0.25) is 0 Å². The van der Waals surface area contributed by atoms with Crippen molar-refractivity contribution in [3.8, 4) is 0 Å². The van der Waals surface area contributed by atoms with E-state index in [0.717, 1.165) is 0 Å². The smallest absolute Gasteiger partial charge is 0.254 e. The zero-order chi connectivity index (χ0) is 17.6. The Labute approximate surface area is 146 Å². The quantitative estimate of drug-likeness (QED) is 0.841. The maximum absolute atomic E-state index is 13.9. The van der Waals surface area contributed by atoms with Crippen molar-refractivity contribution in [2.75, 3.05) is 42.5 Å². The fraction of sp³-hybridized carbons (Fsp3) is 0.278. The van der Waals surface area contributed by atoms with Gasteiger partial charge >= 0.3 is 0 Å². The van der Waals surface area contributed by atoms with E-state index in [1.165, 1.54) is 18.5 Å². The molecule has 0 bridgehead atoms. The molecule has 0 saturated carbocycles. The Bertz CT molecular complexity index is 741. The minimum atomic E-state index is -0.226. The van der Waals surface area contributed by atoms with E-state index in [4.69, 9.17) is 0 Å². The number of aromatic nitrogens is 2. The number of hydrogen-bond donors (Lipinski definition) is 1. The summed E-state index contributed by atoms with van der Waals surface area (Å²) in [5, 5.41) is 2.68. The highest BCUT2D eigenvalue weighted by Crippen LogP contribution is 2.21. The fourth-order valence-electron chi connectivity index (χ4n) is 2.72. The number of nitrogens with one attached hydrogen (secondary N) is 1. The summed E-state index contributed by atoms with van der Waals surface area (Å²) in [7, 11) is 0. The Balaban J connectivity index is 1.60. The number of rotatable bonds is 5. The highest BCUT2D eigenvalue weighted by atomic mass is 19.1. The average molecular weight is 341 g/mol. The van der Waals surface area contributed by atoms with Gasteiger partial charge in [-0.15, -0.1) is 6.58 Å². The van der Waals surface area contributed by atoms with Gasteiger partial charge in [0.15, 0.2) is 0 Å². The summed E-state index contributed by atoms with van der Waals surface area (Å²) in [4.78, 5) is 24.4. The first kappa shape index (κ1) is 16.9. The standard InChI is InChI=1S/C18H20FN5O/c1-2-7-20-17(25)14-12-21-18(22-13-14)24-10-8-23(9-11-24)16-6-4-3-5-15(16)19/h2-6,12-13H,1,7-11H2,(H,20,25). The van der Waals surface area contributed by atoms with Crippen LogP contribution in [0.4, 0.5) is 16.0 Å². The first-order chi connectivity index (χ1) is 12.2. The van der Waals surface area contributed by atoms with Gasteiger partial charge in [0.1, 0.15) is 5.82 Å². The Morgan fingerprint density at radius 1 is 1.16 bits per heavy atom. The molecule has 2 aromatic rings. The van der Waals surface area contributed by atoms with Crippen LogP contribution >= 0.6 is 0 Å². The number of anilines is 2. The first-order valence-corrected chi connectivity index (χ1v) is 8.14. The van der Waals surface area contributed by atoms with Crippen molar-refractivity contribution < 1.29 is 9.18 Å². The van der Waals surface area contributed by atoms with Crippen molar-refractivity contribution in [1.29, 1.82) is 0 Å². The van der Waals surface area contributed by atoms with Crippen LogP contribution in [0.25, 0.3) is 0 Å². The number of para-hydroxylation sites is 1. The molecular formula is C18H20FN5O. The Morgan fingerprint density at radius 2 is 1.80 bits per heavy atom. The maximum atomic E-state index is 13.9. The van der Waals surface area contributed by atoms with Crippen molar-refractivity contribution in [2.45, 2.75) is 0 Å². The third kappa shape index (κ3) is 3.93. The van der Waals surface area contributed by atoms with Gasteiger partial charge in [-0.1, -0.05) is 18.2 Å². The van der Waals surface area contributed by atoms with Gasteiger partial charge in [0.2, 0.25) is 5.95 Å². The fourth-order valence-corrected chi connectivity index (χ4v) is 2.72.